The molecule has 1 unspecified atom stereocenters. The topological polar surface area (TPSA) is 59.5 Å². The lowest BCUT2D eigenvalue weighted by molar-refractivity contribution is 0.295. The van der Waals surface area contributed by atoms with Gasteiger partial charge < -0.3 is 19.7 Å². The highest BCUT2D eigenvalue weighted by molar-refractivity contribution is 6.36. The standard InChI is InChI=1S/C27H35ClN4O2/c1-6-32(7-2)17-9-10-19(3)29-27-26-21(28)11-8-12-22(26)30-25(31-27)16-14-20-13-15-23(33-4)24(18-20)34-5/h8,11-16,18-19H,6-7,9-10,17H2,1-5H3,(H,29,30,31). The molecule has 0 saturated carbocycles. The zero-order valence-electron chi connectivity index (χ0n) is 20.8. The van der Waals surface area contributed by atoms with Crippen molar-refractivity contribution in [1.29, 1.82) is 0 Å². The van der Waals surface area contributed by atoms with E-state index in [-0.39, 0.29) is 6.04 Å². The lowest BCUT2D eigenvalue weighted by atomic mass is 10.1. The van der Waals surface area contributed by atoms with E-state index < -0.39 is 0 Å². The highest BCUT2D eigenvalue weighted by Crippen LogP contribution is 2.30. The van der Waals surface area contributed by atoms with E-state index in [9.17, 15) is 0 Å². The minimum absolute atomic E-state index is 0.257. The largest absolute Gasteiger partial charge is 0.493 e. The molecule has 2 aromatic carbocycles. The number of nitrogens with zero attached hydrogens (tertiary/aromatic N) is 3. The van der Waals surface area contributed by atoms with E-state index in [0.29, 0.717) is 22.3 Å². The summed E-state index contributed by atoms with van der Waals surface area (Å²) in [6, 6.07) is 11.8. The summed E-state index contributed by atoms with van der Waals surface area (Å²) >= 11 is 6.55. The fraction of sp³-hybridized carbons (Fsp3) is 0.407. The van der Waals surface area contributed by atoms with E-state index >= 15 is 0 Å². The predicted molar refractivity (Wildman–Crippen MR) is 143 cm³/mol. The van der Waals surface area contributed by atoms with Crippen LogP contribution in [0, 0.1) is 0 Å². The van der Waals surface area contributed by atoms with Gasteiger partial charge in [0.25, 0.3) is 0 Å². The van der Waals surface area contributed by atoms with Crippen LogP contribution in [0.15, 0.2) is 36.4 Å². The number of anilines is 1. The number of hydrogen-bond acceptors (Lipinski definition) is 6. The van der Waals surface area contributed by atoms with E-state index in [4.69, 9.17) is 31.0 Å². The molecule has 3 aromatic rings. The lowest BCUT2D eigenvalue weighted by Crippen LogP contribution is -2.25. The zero-order chi connectivity index (χ0) is 24.5. The first-order chi connectivity index (χ1) is 16.5. The van der Waals surface area contributed by atoms with Gasteiger partial charge in [0.2, 0.25) is 0 Å². The Morgan fingerprint density at radius 3 is 2.50 bits per heavy atom. The normalized spacial score (nSPS) is 12.4. The van der Waals surface area contributed by atoms with Gasteiger partial charge in [-0.3, -0.25) is 0 Å². The number of fused-ring (bicyclic) bond motifs is 1. The van der Waals surface area contributed by atoms with Gasteiger partial charge in [-0.25, -0.2) is 9.97 Å². The van der Waals surface area contributed by atoms with Crippen molar-refractivity contribution in [2.45, 2.75) is 39.7 Å². The molecule has 1 atom stereocenters. The molecule has 6 nitrogen and oxygen atoms in total. The van der Waals surface area contributed by atoms with Crippen molar-refractivity contribution in [3.63, 3.8) is 0 Å². The van der Waals surface area contributed by atoms with E-state index in [0.717, 1.165) is 54.8 Å². The molecule has 182 valence electrons. The van der Waals surface area contributed by atoms with Crippen LogP contribution in [0.5, 0.6) is 11.5 Å². The zero-order valence-corrected chi connectivity index (χ0v) is 21.5. The van der Waals surface area contributed by atoms with Crippen LogP contribution in [0.3, 0.4) is 0 Å². The van der Waals surface area contributed by atoms with E-state index in [1.54, 1.807) is 14.2 Å². The average Bonchev–Trinajstić information content (AvgIpc) is 2.85. The molecule has 0 aliphatic heterocycles. The molecule has 0 radical (unpaired) electrons. The first kappa shape index (κ1) is 25.8. The van der Waals surface area contributed by atoms with Crippen LogP contribution < -0.4 is 14.8 Å². The third-order valence-electron chi connectivity index (χ3n) is 5.91. The maximum Gasteiger partial charge on any atom is 0.161 e. The molecule has 3 rings (SSSR count). The van der Waals surface area contributed by atoms with Crippen LogP contribution in [-0.4, -0.2) is 54.8 Å². The third kappa shape index (κ3) is 6.61. The molecule has 1 N–H and O–H groups in total. The Bertz CT molecular complexity index is 1120. The Morgan fingerprint density at radius 2 is 1.79 bits per heavy atom. The number of hydrogen-bond donors (Lipinski definition) is 1. The van der Waals surface area contributed by atoms with Crippen molar-refractivity contribution in [1.82, 2.24) is 14.9 Å². The summed E-state index contributed by atoms with van der Waals surface area (Å²) in [6.07, 6.45) is 6.03. The molecule has 0 aliphatic rings. The highest BCUT2D eigenvalue weighted by Gasteiger charge is 2.13. The van der Waals surface area contributed by atoms with Gasteiger partial charge in [-0.1, -0.05) is 43.7 Å². The van der Waals surface area contributed by atoms with Crippen LogP contribution in [0.4, 0.5) is 5.82 Å². The number of halogens is 1. The van der Waals surface area contributed by atoms with Crippen molar-refractivity contribution in [2.24, 2.45) is 0 Å². The van der Waals surface area contributed by atoms with Gasteiger partial charge in [-0.2, -0.15) is 0 Å². The van der Waals surface area contributed by atoms with Gasteiger partial charge in [0.05, 0.1) is 30.1 Å². The molecule has 1 heterocycles. The molecule has 7 heteroatoms. The number of rotatable bonds is 12. The summed E-state index contributed by atoms with van der Waals surface area (Å²) in [6.45, 7) is 9.87. The summed E-state index contributed by atoms with van der Waals surface area (Å²) in [4.78, 5) is 12.0. The number of aromatic nitrogens is 2. The molecule has 0 bridgehead atoms. The number of methoxy groups -OCH3 is 2. The van der Waals surface area contributed by atoms with E-state index in [2.05, 4.69) is 31.0 Å². The van der Waals surface area contributed by atoms with Crippen LogP contribution in [-0.2, 0) is 0 Å². The first-order valence-corrected chi connectivity index (χ1v) is 12.2. The van der Waals surface area contributed by atoms with Gasteiger partial charge in [0, 0.05) is 6.04 Å². The third-order valence-corrected chi connectivity index (χ3v) is 6.23. The summed E-state index contributed by atoms with van der Waals surface area (Å²) < 4.78 is 10.7. The van der Waals surface area contributed by atoms with Crippen LogP contribution in [0.2, 0.25) is 5.02 Å². The number of ether oxygens (including phenoxy) is 2. The molecule has 0 fully saturated rings. The van der Waals surface area contributed by atoms with Crippen molar-refractivity contribution in [2.75, 3.05) is 39.2 Å². The Labute approximate surface area is 208 Å². The SMILES string of the molecule is CCN(CC)CCCC(C)Nc1nc(C=Cc2ccc(OC)c(OC)c2)nc2cccc(Cl)c12. The fourth-order valence-electron chi connectivity index (χ4n) is 3.93. The van der Waals surface area contributed by atoms with Gasteiger partial charge >= 0.3 is 0 Å². The Morgan fingerprint density at radius 1 is 1.03 bits per heavy atom. The van der Waals surface area contributed by atoms with E-state index in [1.807, 2.05) is 48.6 Å². The Balaban J connectivity index is 1.83. The monoisotopic (exact) mass is 482 g/mol. The summed E-state index contributed by atoms with van der Waals surface area (Å²) in [7, 11) is 3.25. The predicted octanol–water partition coefficient (Wildman–Crippen LogP) is 6.39. The second-order valence-corrected chi connectivity index (χ2v) is 8.63. The van der Waals surface area contributed by atoms with Crippen LogP contribution in [0.25, 0.3) is 23.1 Å². The molecular formula is C27H35ClN4O2. The molecule has 34 heavy (non-hydrogen) atoms. The van der Waals surface area contributed by atoms with Gasteiger partial charge in [-0.05, 0) is 75.3 Å². The average molecular weight is 483 g/mol. The number of benzene rings is 2. The van der Waals surface area contributed by atoms with Crippen molar-refractivity contribution >= 4 is 40.5 Å². The molecule has 0 spiro atoms. The second-order valence-electron chi connectivity index (χ2n) is 8.23. The molecule has 1 aromatic heterocycles. The maximum absolute atomic E-state index is 6.55. The first-order valence-electron chi connectivity index (χ1n) is 11.8. The lowest BCUT2D eigenvalue weighted by Gasteiger charge is -2.20. The Hall–Kier alpha value is -2.83. The van der Waals surface area contributed by atoms with Crippen molar-refractivity contribution in [3.8, 4) is 11.5 Å². The summed E-state index contributed by atoms with van der Waals surface area (Å²) in [5, 5.41) is 5.08. The number of nitrogens with one attached hydrogen (secondary N) is 1. The highest BCUT2D eigenvalue weighted by atomic mass is 35.5. The molecular weight excluding hydrogens is 448 g/mol. The molecule has 0 saturated heterocycles. The molecule has 0 amide bonds. The van der Waals surface area contributed by atoms with Gasteiger partial charge in [0.1, 0.15) is 5.82 Å². The van der Waals surface area contributed by atoms with E-state index in [1.165, 1.54) is 0 Å². The second kappa shape index (κ2) is 12.6. The summed E-state index contributed by atoms with van der Waals surface area (Å²) in [5.74, 6) is 2.75. The van der Waals surface area contributed by atoms with Gasteiger partial charge in [0.15, 0.2) is 17.3 Å². The van der Waals surface area contributed by atoms with Crippen LogP contribution in [0.1, 0.15) is 45.0 Å². The fourth-order valence-corrected chi connectivity index (χ4v) is 4.19. The van der Waals surface area contributed by atoms with Gasteiger partial charge in [-0.15, -0.1) is 0 Å². The van der Waals surface area contributed by atoms with Crippen molar-refractivity contribution < 1.29 is 9.47 Å². The maximum atomic E-state index is 6.55. The minimum atomic E-state index is 0.257. The minimum Gasteiger partial charge on any atom is -0.493 e. The molecule has 0 aliphatic carbocycles. The summed E-state index contributed by atoms with van der Waals surface area (Å²) in [5.41, 5.74) is 1.78. The smallest absolute Gasteiger partial charge is 0.161 e. The van der Waals surface area contributed by atoms with Crippen molar-refractivity contribution in [3.05, 3.63) is 52.8 Å². The van der Waals surface area contributed by atoms with Crippen LogP contribution >= 0.6 is 11.6 Å². The Kier molecular flexibility index (Phi) is 9.54. The quantitative estimate of drug-likeness (QED) is 0.322.